The molecule has 7 heteroatoms. The summed E-state index contributed by atoms with van der Waals surface area (Å²) < 4.78 is 12.5. The van der Waals surface area contributed by atoms with Crippen molar-refractivity contribution in [3.63, 3.8) is 0 Å². The Labute approximate surface area is 174 Å². The summed E-state index contributed by atoms with van der Waals surface area (Å²) in [5, 5.41) is 7.83. The molecule has 0 unspecified atom stereocenters. The minimum absolute atomic E-state index is 0.775. The Morgan fingerprint density at radius 1 is 0.967 bits per heavy atom. The summed E-state index contributed by atoms with van der Waals surface area (Å²) in [6.07, 6.45) is 3.75. The zero-order valence-corrected chi connectivity index (χ0v) is 16.8. The largest absolute Gasteiger partial charge is 0.497 e. The maximum absolute atomic E-state index is 5.43. The number of methoxy groups -OCH3 is 1. The summed E-state index contributed by atoms with van der Waals surface area (Å²) in [6.45, 7) is 3.43. The molecule has 5 rings (SSSR count). The highest BCUT2D eigenvalue weighted by molar-refractivity contribution is 5.78. The third-order valence-corrected chi connectivity index (χ3v) is 5.29. The van der Waals surface area contributed by atoms with Gasteiger partial charge in [-0.3, -0.25) is 0 Å². The van der Waals surface area contributed by atoms with Crippen molar-refractivity contribution >= 4 is 22.8 Å². The van der Waals surface area contributed by atoms with Crippen LogP contribution < -0.4 is 15.0 Å². The summed E-state index contributed by atoms with van der Waals surface area (Å²) >= 11 is 0. The molecule has 1 aliphatic rings. The van der Waals surface area contributed by atoms with Crippen molar-refractivity contribution in [3.8, 4) is 16.9 Å². The molecule has 1 N–H and O–H groups in total. The van der Waals surface area contributed by atoms with Crippen LogP contribution in [0.3, 0.4) is 0 Å². The number of ether oxygens (including phenoxy) is 2. The van der Waals surface area contributed by atoms with Crippen LogP contribution in [-0.4, -0.2) is 48.0 Å². The van der Waals surface area contributed by atoms with Crippen LogP contribution >= 0.6 is 0 Å². The molecule has 1 aliphatic heterocycles. The van der Waals surface area contributed by atoms with Gasteiger partial charge in [0.2, 0.25) is 0 Å². The van der Waals surface area contributed by atoms with Crippen LogP contribution in [0.15, 0.2) is 67.0 Å². The second-order valence-electron chi connectivity index (χ2n) is 7.14. The SMILES string of the molecule is COc1ccc(-c2cnn3ccc(Nc4ccc(N5CCOCC5)cc4)nc23)cc1. The van der Waals surface area contributed by atoms with Gasteiger partial charge in [0.25, 0.3) is 0 Å². The summed E-state index contributed by atoms with van der Waals surface area (Å²) in [5.74, 6) is 1.60. The number of benzene rings is 2. The van der Waals surface area contributed by atoms with Gasteiger partial charge in [-0.2, -0.15) is 5.10 Å². The lowest BCUT2D eigenvalue weighted by Crippen LogP contribution is -2.36. The second kappa shape index (κ2) is 8.04. The standard InChI is InChI=1S/C23H23N5O2/c1-29-20-8-2-17(3-9-20)21-16-24-28-11-10-22(26-23(21)28)25-18-4-6-19(7-5-18)27-12-14-30-15-13-27/h2-11,16H,12-15H2,1H3,(H,25,26). The molecule has 2 aromatic carbocycles. The number of nitrogens with zero attached hydrogens (tertiary/aromatic N) is 4. The maximum Gasteiger partial charge on any atom is 0.165 e. The molecule has 0 amide bonds. The van der Waals surface area contributed by atoms with E-state index in [0.717, 1.165) is 60.3 Å². The molecule has 7 nitrogen and oxygen atoms in total. The summed E-state index contributed by atoms with van der Waals surface area (Å²) in [5.41, 5.74) is 5.03. The van der Waals surface area contributed by atoms with Gasteiger partial charge in [-0.15, -0.1) is 0 Å². The van der Waals surface area contributed by atoms with Crippen LogP contribution in [0.4, 0.5) is 17.2 Å². The summed E-state index contributed by atoms with van der Waals surface area (Å²) in [7, 11) is 1.66. The molecule has 0 bridgehead atoms. The van der Waals surface area contributed by atoms with E-state index in [4.69, 9.17) is 14.5 Å². The first kappa shape index (κ1) is 18.4. The molecule has 4 aromatic rings. The van der Waals surface area contributed by atoms with Gasteiger partial charge < -0.3 is 19.7 Å². The Bertz CT molecular complexity index is 1130. The molecule has 3 heterocycles. The van der Waals surface area contributed by atoms with Gasteiger partial charge in [-0.1, -0.05) is 12.1 Å². The molecule has 0 spiro atoms. The van der Waals surface area contributed by atoms with Crippen LogP contribution in [0.25, 0.3) is 16.8 Å². The molecule has 1 saturated heterocycles. The van der Waals surface area contributed by atoms with E-state index in [2.05, 4.69) is 39.6 Å². The quantitative estimate of drug-likeness (QED) is 0.546. The number of hydrogen-bond acceptors (Lipinski definition) is 6. The molecule has 0 saturated carbocycles. The maximum atomic E-state index is 5.43. The summed E-state index contributed by atoms with van der Waals surface area (Å²) in [6, 6.07) is 18.3. The molecule has 152 valence electrons. The number of nitrogens with one attached hydrogen (secondary N) is 1. The average Bonchev–Trinajstić information content (AvgIpc) is 3.23. The van der Waals surface area contributed by atoms with E-state index in [0.29, 0.717) is 0 Å². The number of rotatable bonds is 5. The molecule has 0 radical (unpaired) electrons. The fourth-order valence-electron chi connectivity index (χ4n) is 3.64. The Morgan fingerprint density at radius 3 is 2.47 bits per heavy atom. The van der Waals surface area contributed by atoms with Crippen LogP contribution in [-0.2, 0) is 4.74 Å². The van der Waals surface area contributed by atoms with Crippen molar-refractivity contribution in [2.24, 2.45) is 0 Å². The molecule has 2 aromatic heterocycles. The van der Waals surface area contributed by atoms with Crippen molar-refractivity contribution in [2.45, 2.75) is 0 Å². The molecule has 0 aliphatic carbocycles. The van der Waals surface area contributed by atoms with E-state index >= 15 is 0 Å². The average molecular weight is 401 g/mol. The van der Waals surface area contributed by atoms with Crippen molar-refractivity contribution in [1.29, 1.82) is 0 Å². The Kier molecular flexibility index (Phi) is 4.94. The fourth-order valence-corrected chi connectivity index (χ4v) is 3.64. The molecular weight excluding hydrogens is 378 g/mol. The molecular formula is C23H23N5O2. The van der Waals surface area contributed by atoms with Gasteiger partial charge in [-0.05, 0) is 48.0 Å². The highest BCUT2D eigenvalue weighted by Crippen LogP contribution is 2.27. The number of morpholine rings is 1. The van der Waals surface area contributed by atoms with Gasteiger partial charge in [0, 0.05) is 36.2 Å². The minimum atomic E-state index is 0.775. The molecule has 0 atom stereocenters. The lowest BCUT2D eigenvalue weighted by atomic mass is 10.1. The van der Waals surface area contributed by atoms with Crippen LogP contribution in [0, 0.1) is 0 Å². The first-order valence-electron chi connectivity index (χ1n) is 9.99. The highest BCUT2D eigenvalue weighted by Gasteiger charge is 2.12. The predicted octanol–water partition coefficient (Wildman–Crippen LogP) is 3.99. The number of fused-ring (bicyclic) bond motifs is 1. The van der Waals surface area contributed by atoms with E-state index in [1.54, 1.807) is 11.6 Å². The van der Waals surface area contributed by atoms with E-state index in [1.807, 2.05) is 42.7 Å². The lowest BCUT2D eigenvalue weighted by Gasteiger charge is -2.28. The van der Waals surface area contributed by atoms with Crippen LogP contribution in [0.5, 0.6) is 5.75 Å². The zero-order chi connectivity index (χ0) is 20.3. The topological polar surface area (TPSA) is 63.9 Å². The van der Waals surface area contributed by atoms with E-state index in [9.17, 15) is 0 Å². The Morgan fingerprint density at radius 2 is 1.73 bits per heavy atom. The second-order valence-corrected chi connectivity index (χ2v) is 7.14. The monoisotopic (exact) mass is 401 g/mol. The highest BCUT2D eigenvalue weighted by atomic mass is 16.5. The van der Waals surface area contributed by atoms with Crippen LogP contribution in [0.1, 0.15) is 0 Å². The van der Waals surface area contributed by atoms with Crippen molar-refractivity contribution in [1.82, 2.24) is 14.6 Å². The van der Waals surface area contributed by atoms with Gasteiger partial charge in [0.1, 0.15) is 11.6 Å². The number of aromatic nitrogens is 3. The van der Waals surface area contributed by atoms with Crippen LogP contribution in [0.2, 0.25) is 0 Å². The first-order valence-corrected chi connectivity index (χ1v) is 9.99. The zero-order valence-electron chi connectivity index (χ0n) is 16.8. The van der Waals surface area contributed by atoms with Gasteiger partial charge >= 0.3 is 0 Å². The van der Waals surface area contributed by atoms with E-state index in [-0.39, 0.29) is 0 Å². The minimum Gasteiger partial charge on any atom is -0.497 e. The van der Waals surface area contributed by atoms with Crippen molar-refractivity contribution < 1.29 is 9.47 Å². The summed E-state index contributed by atoms with van der Waals surface area (Å²) in [4.78, 5) is 7.13. The van der Waals surface area contributed by atoms with Gasteiger partial charge in [0.05, 0.1) is 26.5 Å². The van der Waals surface area contributed by atoms with E-state index < -0.39 is 0 Å². The lowest BCUT2D eigenvalue weighted by molar-refractivity contribution is 0.122. The normalized spacial score (nSPS) is 14.1. The molecule has 30 heavy (non-hydrogen) atoms. The number of anilines is 3. The smallest absolute Gasteiger partial charge is 0.165 e. The van der Waals surface area contributed by atoms with Gasteiger partial charge in [0.15, 0.2) is 5.65 Å². The predicted molar refractivity (Wildman–Crippen MR) is 118 cm³/mol. The number of hydrogen-bond donors (Lipinski definition) is 1. The van der Waals surface area contributed by atoms with E-state index in [1.165, 1.54) is 5.69 Å². The third-order valence-electron chi connectivity index (χ3n) is 5.29. The Balaban J connectivity index is 1.38. The fraction of sp³-hybridized carbons (Fsp3) is 0.217. The van der Waals surface area contributed by atoms with Gasteiger partial charge in [-0.25, -0.2) is 9.50 Å². The van der Waals surface area contributed by atoms with Crippen molar-refractivity contribution in [3.05, 3.63) is 67.0 Å². The first-order chi connectivity index (χ1) is 14.8. The Hall–Kier alpha value is -3.58. The molecule has 1 fully saturated rings. The van der Waals surface area contributed by atoms with Crippen molar-refractivity contribution in [2.75, 3.05) is 43.6 Å². The third kappa shape index (κ3) is 3.67.